The molecule has 0 radical (unpaired) electrons. The number of aliphatic hydroxyl groups is 1. The SMILES string of the molecule is CCCCCCCCCCCCCCCOCC(C)OCC(C)OCC(C)OCC(C)OCCOCCO. The van der Waals surface area contributed by atoms with Crippen molar-refractivity contribution in [3.63, 3.8) is 0 Å². The molecule has 0 aliphatic carbocycles. The predicted molar refractivity (Wildman–Crippen MR) is 156 cm³/mol. The van der Waals surface area contributed by atoms with Crippen LogP contribution >= 0.6 is 0 Å². The van der Waals surface area contributed by atoms with E-state index in [2.05, 4.69) is 13.8 Å². The Kier molecular flexibility index (Phi) is 29.5. The van der Waals surface area contributed by atoms with Gasteiger partial charge in [0.2, 0.25) is 0 Å². The van der Waals surface area contributed by atoms with E-state index in [0.717, 1.165) is 13.0 Å². The van der Waals surface area contributed by atoms with Crippen LogP contribution in [0.3, 0.4) is 0 Å². The first kappa shape index (κ1) is 37.7. The largest absolute Gasteiger partial charge is 0.394 e. The third-order valence-electron chi connectivity index (χ3n) is 6.46. The molecule has 0 heterocycles. The van der Waals surface area contributed by atoms with Crippen molar-refractivity contribution in [2.45, 2.75) is 143 Å². The van der Waals surface area contributed by atoms with Crippen LogP contribution < -0.4 is 0 Å². The minimum Gasteiger partial charge on any atom is -0.394 e. The molecule has 0 saturated carbocycles. The fourth-order valence-corrected chi connectivity index (χ4v) is 4.04. The van der Waals surface area contributed by atoms with Crippen LogP contribution in [0.15, 0.2) is 0 Å². The molecule has 0 aromatic rings. The molecule has 0 aliphatic rings. The van der Waals surface area contributed by atoms with Crippen molar-refractivity contribution in [2.75, 3.05) is 59.5 Å². The van der Waals surface area contributed by atoms with Crippen molar-refractivity contribution in [1.82, 2.24) is 0 Å². The number of unbranched alkanes of at least 4 members (excludes halogenated alkanes) is 12. The first-order valence-corrected chi connectivity index (χ1v) is 15.7. The molecule has 0 saturated heterocycles. The maximum absolute atomic E-state index is 8.67. The molecule has 0 bridgehead atoms. The first-order chi connectivity index (χ1) is 18.5. The van der Waals surface area contributed by atoms with Gasteiger partial charge in [-0.1, -0.05) is 84.0 Å². The van der Waals surface area contributed by atoms with Gasteiger partial charge in [-0.2, -0.15) is 0 Å². The van der Waals surface area contributed by atoms with E-state index in [-0.39, 0.29) is 31.0 Å². The molecule has 0 fully saturated rings. The molecule has 230 valence electrons. The fraction of sp³-hybridized carbons (Fsp3) is 1.00. The lowest BCUT2D eigenvalue weighted by Gasteiger charge is -2.21. The van der Waals surface area contributed by atoms with Gasteiger partial charge in [-0.25, -0.2) is 0 Å². The molecule has 38 heavy (non-hydrogen) atoms. The summed E-state index contributed by atoms with van der Waals surface area (Å²) in [7, 11) is 0. The average Bonchev–Trinajstić information content (AvgIpc) is 2.91. The van der Waals surface area contributed by atoms with E-state index < -0.39 is 0 Å². The zero-order chi connectivity index (χ0) is 28.1. The van der Waals surface area contributed by atoms with E-state index in [0.29, 0.717) is 46.2 Å². The van der Waals surface area contributed by atoms with Crippen LogP contribution in [0.2, 0.25) is 0 Å². The Bertz CT molecular complexity index is 452. The molecule has 0 aromatic carbocycles. The van der Waals surface area contributed by atoms with Crippen LogP contribution in [-0.2, 0) is 28.4 Å². The predicted octanol–water partition coefficient (Wildman–Crippen LogP) is 6.72. The second-order valence-electron chi connectivity index (χ2n) is 10.8. The Morgan fingerprint density at radius 2 is 0.842 bits per heavy atom. The Balaban J connectivity index is 3.46. The highest BCUT2D eigenvalue weighted by molar-refractivity contribution is 4.57. The quantitative estimate of drug-likeness (QED) is 0.0963. The highest BCUT2D eigenvalue weighted by atomic mass is 16.6. The Morgan fingerprint density at radius 3 is 1.32 bits per heavy atom. The third kappa shape index (κ3) is 28.7. The number of hydrogen-bond donors (Lipinski definition) is 1. The zero-order valence-electron chi connectivity index (χ0n) is 25.8. The van der Waals surface area contributed by atoms with Crippen LogP contribution in [-0.4, -0.2) is 89.0 Å². The lowest BCUT2D eigenvalue weighted by atomic mass is 10.0. The summed E-state index contributed by atoms with van der Waals surface area (Å²) in [5, 5.41) is 8.67. The van der Waals surface area contributed by atoms with Gasteiger partial charge in [-0.05, 0) is 34.1 Å². The normalized spacial score (nSPS) is 15.0. The first-order valence-electron chi connectivity index (χ1n) is 15.7. The molecule has 7 heteroatoms. The van der Waals surface area contributed by atoms with Crippen LogP contribution in [0.1, 0.15) is 118 Å². The summed E-state index contributed by atoms with van der Waals surface area (Å²) in [6, 6.07) is 0. The van der Waals surface area contributed by atoms with Gasteiger partial charge in [0.1, 0.15) is 0 Å². The lowest BCUT2D eigenvalue weighted by molar-refractivity contribution is -0.0948. The van der Waals surface area contributed by atoms with Crippen molar-refractivity contribution in [2.24, 2.45) is 0 Å². The van der Waals surface area contributed by atoms with Crippen LogP contribution in [0.25, 0.3) is 0 Å². The van der Waals surface area contributed by atoms with Gasteiger partial charge < -0.3 is 33.5 Å². The van der Waals surface area contributed by atoms with Crippen molar-refractivity contribution in [3.8, 4) is 0 Å². The Hall–Kier alpha value is -0.280. The minimum absolute atomic E-state index is 0.00176. The highest BCUT2D eigenvalue weighted by Gasteiger charge is 2.11. The number of ether oxygens (including phenoxy) is 6. The van der Waals surface area contributed by atoms with Gasteiger partial charge in [0.15, 0.2) is 0 Å². The molecule has 4 atom stereocenters. The van der Waals surface area contributed by atoms with Crippen molar-refractivity contribution in [3.05, 3.63) is 0 Å². The molecule has 1 N–H and O–H groups in total. The van der Waals surface area contributed by atoms with Crippen LogP contribution in [0, 0.1) is 0 Å². The molecule has 0 aromatic heterocycles. The average molecular weight is 549 g/mol. The number of rotatable bonds is 31. The molecule has 0 rings (SSSR count). The number of hydrogen-bond acceptors (Lipinski definition) is 7. The number of aliphatic hydroxyl groups excluding tert-OH is 1. The summed E-state index contributed by atoms with van der Waals surface area (Å²) in [6.07, 6.45) is 17.8. The van der Waals surface area contributed by atoms with Gasteiger partial charge in [-0.15, -0.1) is 0 Å². The molecular formula is C31H64O7. The maximum atomic E-state index is 8.67. The summed E-state index contributed by atoms with van der Waals surface area (Å²) in [4.78, 5) is 0. The van der Waals surface area contributed by atoms with Crippen LogP contribution in [0.4, 0.5) is 0 Å². The van der Waals surface area contributed by atoms with Crippen molar-refractivity contribution >= 4 is 0 Å². The summed E-state index contributed by atoms with van der Waals surface area (Å²) >= 11 is 0. The maximum Gasteiger partial charge on any atom is 0.0781 e. The molecule has 4 unspecified atom stereocenters. The summed E-state index contributed by atoms with van der Waals surface area (Å²) in [6.45, 7) is 14.7. The second kappa shape index (κ2) is 29.7. The lowest BCUT2D eigenvalue weighted by Crippen LogP contribution is -2.28. The van der Waals surface area contributed by atoms with Gasteiger partial charge in [0.05, 0.1) is 77.3 Å². The Labute approximate surface area is 235 Å². The molecule has 0 aliphatic heterocycles. The van der Waals surface area contributed by atoms with E-state index in [4.69, 9.17) is 33.5 Å². The van der Waals surface area contributed by atoms with E-state index in [9.17, 15) is 0 Å². The smallest absolute Gasteiger partial charge is 0.0781 e. The summed E-state index contributed by atoms with van der Waals surface area (Å²) in [5.74, 6) is 0. The van der Waals surface area contributed by atoms with E-state index in [1.165, 1.54) is 77.0 Å². The third-order valence-corrected chi connectivity index (χ3v) is 6.46. The zero-order valence-corrected chi connectivity index (χ0v) is 25.8. The van der Waals surface area contributed by atoms with Gasteiger partial charge in [-0.3, -0.25) is 0 Å². The van der Waals surface area contributed by atoms with E-state index in [1.54, 1.807) is 0 Å². The molecule has 0 spiro atoms. The van der Waals surface area contributed by atoms with Gasteiger partial charge in [0.25, 0.3) is 0 Å². The monoisotopic (exact) mass is 548 g/mol. The second-order valence-corrected chi connectivity index (χ2v) is 10.8. The van der Waals surface area contributed by atoms with E-state index in [1.807, 2.05) is 20.8 Å². The van der Waals surface area contributed by atoms with Crippen molar-refractivity contribution < 1.29 is 33.5 Å². The summed E-state index contributed by atoms with van der Waals surface area (Å²) < 4.78 is 34.2. The van der Waals surface area contributed by atoms with Gasteiger partial charge >= 0.3 is 0 Å². The molecule has 7 nitrogen and oxygen atoms in total. The highest BCUT2D eigenvalue weighted by Crippen LogP contribution is 2.12. The van der Waals surface area contributed by atoms with E-state index >= 15 is 0 Å². The fourth-order valence-electron chi connectivity index (χ4n) is 4.04. The van der Waals surface area contributed by atoms with Gasteiger partial charge in [0, 0.05) is 6.61 Å². The topological polar surface area (TPSA) is 75.6 Å². The minimum atomic E-state index is -0.0183. The molecule has 0 amide bonds. The molecular weight excluding hydrogens is 484 g/mol. The Morgan fingerprint density at radius 1 is 0.421 bits per heavy atom. The standard InChI is InChI=1S/C31H64O7/c1-6-7-8-9-10-11-12-13-14-15-16-17-18-20-34-24-28(2)36-26-30(4)38-27-31(5)37-25-29(3)35-23-22-33-21-19-32/h28-32H,6-27H2,1-5H3. The van der Waals surface area contributed by atoms with Crippen molar-refractivity contribution in [1.29, 1.82) is 0 Å². The summed E-state index contributed by atoms with van der Waals surface area (Å²) in [5.41, 5.74) is 0. The van der Waals surface area contributed by atoms with Crippen LogP contribution in [0.5, 0.6) is 0 Å².